The van der Waals surface area contributed by atoms with E-state index in [4.69, 9.17) is 9.15 Å². The summed E-state index contributed by atoms with van der Waals surface area (Å²) in [6.45, 7) is 2.34. The maximum atomic E-state index is 13.2. The second-order valence-electron chi connectivity index (χ2n) is 6.69. The van der Waals surface area contributed by atoms with Crippen LogP contribution in [0.2, 0.25) is 0 Å². The van der Waals surface area contributed by atoms with Crippen molar-refractivity contribution in [2.24, 2.45) is 0 Å². The Morgan fingerprint density at radius 1 is 1.07 bits per heavy atom. The number of rotatable bonds is 3. The molecule has 0 radical (unpaired) electrons. The molecule has 0 unspecified atom stereocenters. The lowest BCUT2D eigenvalue weighted by Gasteiger charge is -2.34. The molecule has 0 spiro atoms. The largest absolute Gasteiger partial charge is 0.496 e. The van der Waals surface area contributed by atoms with Crippen molar-refractivity contribution in [3.05, 3.63) is 51.8 Å². The molecule has 0 aliphatic carbocycles. The molecule has 2 amide bonds. The highest BCUT2D eigenvalue weighted by atomic mass is 16.5. The molecule has 0 N–H and O–H groups in total. The predicted molar refractivity (Wildman–Crippen MR) is 96.1 cm³/mol. The minimum Gasteiger partial charge on any atom is -0.496 e. The smallest absolute Gasteiger partial charge is 0.289 e. The average Bonchev–Trinajstić information content (AvgIpc) is 3.39. The molecule has 8 nitrogen and oxygen atoms in total. The molecule has 2 aromatic heterocycles. The number of fused-ring (bicyclic) bond motifs is 1. The van der Waals surface area contributed by atoms with Crippen LogP contribution in [0.1, 0.15) is 33.0 Å². The van der Waals surface area contributed by atoms with E-state index in [1.807, 2.05) is 0 Å². The van der Waals surface area contributed by atoms with Crippen LogP contribution in [0.5, 0.6) is 5.75 Å². The molecule has 0 bridgehead atoms. The Labute approximate surface area is 155 Å². The van der Waals surface area contributed by atoms with Gasteiger partial charge in [-0.25, -0.2) is 0 Å². The van der Waals surface area contributed by atoms with Crippen molar-refractivity contribution in [2.45, 2.75) is 19.4 Å². The summed E-state index contributed by atoms with van der Waals surface area (Å²) in [5, 5.41) is 0. The normalized spacial score (nSPS) is 16.3. The number of amides is 2. The van der Waals surface area contributed by atoms with Crippen LogP contribution in [-0.2, 0) is 13.0 Å². The monoisotopic (exact) mass is 371 g/mol. The van der Waals surface area contributed by atoms with Crippen LogP contribution < -0.4 is 10.3 Å². The third kappa shape index (κ3) is 3.01. The number of pyridine rings is 1. The number of ether oxygens (including phenoxy) is 1. The Balaban J connectivity index is 1.53. The Hall–Kier alpha value is -3.03. The number of piperazine rings is 1. The summed E-state index contributed by atoms with van der Waals surface area (Å²) in [5.41, 5.74) is 1.09. The third-order valence-electron chi connectivity index (χ3n) is 5.20. The lowest BCUT2D eigenvalue weighted by Crippen LogP contribution is -2.50. The number of hydrogen-bond donors (Lipinski definition) is 0. The van der Waals surface area contributed by atoms with Gasteiger partial charge in [0.2, 0.25) is 0 Å². The number of furan rings is 1. The molecule has 1 fully saturated rings. The molecule has 1 saturated heterocycles. The van der Waals surface area contributed by atoms with Gasteiger partial charge < -0.3 is 23.5 Å². The summed E-state index contributed by atoms with van der Waals surface area (Å²) in [6, 6.07) is 4.70. The molecule has 0 atom stereocenters. The van der Waals surface area contributed by atoms with E-state index in [1.54, 1.807) is 26.5 Å². The quantitative estimate of drug-likeness (QED) is 0.803. The maximum absolute atomic E-state index is 13.2. The zero-order valence-electron chi connectivity index (χ0n) is 15.1. The van der Waals surface area contributed by atoms with E-state index in [2.05, 4.69) is 0 Å². The first-order chi connectivity index (χ1) is 13.1. The first kappa shape index (κ1) is 17.4. The van der Waals surface area contributed by atoms with E-state index in [1.165, 1.54) is 19.4 Å². The number of carbonyl (C=O) groups excluding carboxylic acids is 2. The average molecular weight is 371 g/mol. The van der Waals surface area contributed by atoms with E-state index in [-0.39, 0.29) is 17.4 Å². The number of hydrogen-bond acceptors (Lipinski definition) is 5. The van der Waals surface area contributed by atoms with Crippen molar-refractivity contribution < 1.29 is 18.7 Å². The number of aromatic nitrogens is 1. The highest BCUT2D eigenvalue weighted by Crippen LogP contribution is 2.27. The van der Waals surface area contributed by atoms with Gasteiger partial charge in [-0.3, -0.25) is 14.4 Å². The van der Waals surface area contributed by atoms with Crippen molar-refractivity contribution in [1.82, 2.24) is 14.4 Å². The van der Waals surface area contributed by atoms with E-state index < -0.39 is 0 Å². The van der Waals surface area contributed by atoms with Crippen molar-refractivity contribution in [3.63, 3.8) is 0 Å². The Bertz CT molecular complexity index is 924. The van der Waals surface area contributed by atoms with Crippen molar-refractivity contribution in [2.75, 3.05) is 33.3 Å². The summed E-state index contributed by atoms with van der Waals surface area (Å²) >= 11 is 0. The van der Waals surface area contributed by atoms with Crippen LogP contribution in [-0.4, -0.2) is 59.5 Å². The summed E-state index contributed by atoms with van der Waals surface area (Å²) < 4.78 is 12.2. The summed E-state index contributed by atoms with van der Waals surface area (Å²) in [6.07, 6.45) is 3.00. The fourth-order valence-corrected chi connectivity index (χ4v) is 3.80. The number of carbonyl (C=O) groups is 2. The molecule has 8 heteroatoms. The fraction of sp³-hybridized carbons (Fsp3) is 0.421. The van der Waals surface area contributed by atoms with Gasteiger partial charge in [0.25, 0.3) is 17.4 Å². The third-order valence-corrected chi connectivity index (χ3v) is 5.20. The van der Waals surface area contributed by atoms with Crippen LogP contribution in [0, 0.1) is 0 Å². The zero-order chi connectivity index (χ0) is 19.0. The summed E-state index contributed by atoms with van der Waals surface area (Å²) in [5.74, 6) is 0.309. The van der Waals surface area contributed by atoms with Gasteiger partial charge in [0.15, 0.2) is 5.76 Å². The lowest BCUT2D eigenvalue weighted by molar-refractivity contribution is 0.0515. The van der Waals surface area contributed by atoms with Gasteiger partial charge in [-0.1, -0.05) is 0 Å². The second kappa shape index (κ2) is 6.94. The van der Waals surface area contributed by atoms with Crippen LogP contribution >= 0.6 is 0 Å². The molecule has 2 aliphatic heterocycles. The zero-order valence-corrected chi connectivity index (χ0v) is 15.1. The number of methoxy groups -OCH3 is 1. The van der Waals surface area contributed by atoms with Crippen molar-refractivity contribution in [3.8, 4) is 5.75 Å². The van der Waals surface area contributed by atoms with E-state index in [0.29, 0.717) is 56.2 Å². The minimum absolute atomic E-state index is 0.134. The van der Waals surface area contributed by atoms with E-state index >= 15 is 0 Å². The first-order valence-electron chi connectivity index (χ1n) is 9.03. The molecule has 27 heavy (non-hydrogen) atoms. The molecule has 142 valence electrons. The van der Waals surface area contributed by atoms with Gasteiger partial charge >= 0.3 is 0 Å². The van der Waals surface area contributed by atoms with Gasteiger partial charge in [0.1, 0.15) is 11.3 Å². The Morgan fingerprint density at radius 3 is 2.41 bits per heavy atom. The molecular weight excluding hydrogens is 350 g/mol. The van der Waals surface area contributed by atoms with E-state index in [0.717, 1.165) is 12.1 Å². The highest BCUT2D eigenvalue weighted by Gasteiger charge is 2.31. The van der Waals surface area contributed by atoms with Crippen molar-refractivity contribution in [1.29, 1.82) is 0 Å². The molecule has 2 aromatic rings. The van der Waals surface area contributed by atoms with Gasteiger partial charge in [-0.05, 0) is 25.0 Å². The molecule has 2 aliphatic rings. The van der Waals surface area contributed by atoms with Crippen LogP contribution in [0.3, 0.4) is 0 Å². The van der Waals surface area contributed by atoms with Gasteiger partial charge in [-0.15, -0.1) is 0 Å². The molecule has 4 heterocycles. The molecule has 4 rings (SSSR count). The molecular formula is C19H21N3O5. The minimum atomic E-state index is -0.170. The lowest BCUT2D eigenvalue weighted by atomic mass is 10.1. The van der Waals surface area contributed by atoms with Gasteiger partial charge in [0, 0.05) is 44.5 Å². The summed E-state index contributed by atoms with van der Waals surface area (Å²) in [4.78, 5) is 41.1. The Kier molecular flexibility index (Phi) is 4.47. The highest BCUT2D eigenvalue weighted by molar-refractivity contribution is 5.98. The van der Waals surface area contributed by atoms with Gasteiger partial charge in [0.05, 0.1) is 13.4 Å². The van der Waals surface area contributed by atoms with Crippen molar-refractivity contribution >= 4 is 11.8 Å². The maximum Gasteiger partial charge on any atom is 0.289 e. The van der Waals surface area contributed by atoms with Crippen LogP contribution in [0.25, 0.3) is 0 Å². The first-order valence-corrected chi connectivity index (χ1v) is 9.03. The standard InChI is InChI=1S/C19H21N3O5/c1-26-15-12-16(23)22-6-2-4-13(22)17(15)19(25)21-9-7-20(8-10-21)18(24)14-5-3-11-27-14/h3,5,11-12H,2,4,6-10H2,1H3. The van der Waals surface area contributed by atoms with Crippen LogP contribution in [0.4, 0.5) is 0 Å². The SMILES string of the molecule is COc1cc(=O)n2c(c1C(=O)N1CCN(C(=O)c3ccco3)CC1)CCC2. The second-order valence-corrected chi connectivity index (χ2v) is 6.69. The molecule has 0 saturated carbocycles. The molecule has 0 aromatic carbocycles. The number of nitrogens with zero attached hydrogens (tertiary/aromatic N) is 3. The fourth-order valence-electron chi connectivity index (χ4n) is 3.80. The topological polar surface area (TPSA) is 85.0 Å². The van der Waals surface area contributed by atoms with Gasteiger partial charge in [-0.2, -0.15) is 0 Å². The summed E-state index contributed by atoms with van der Waals surface area (Å²) in [7, 11) is 1.47. The van der Waals surface area contributed by atoms with Crippen LogP contribution in [0.15, 0.2) is 33.7 Å². The van der Waals surface area contributed by atoms with E-state index in [9.17, 15) is 14.4 Å². The Morgan fingerprint density at radius 2 is 1.78 bits per heavy atom. The predicted octanol–water partition coefficient (Wildman–Crippen LogP) is 0.994.